The molecule has 0 bridgehead atoms. The second-order valence-corrected chi connectivity index (χ2v) is 6.92. The molecule has 0 heterocycles. The third kappa shape index (κ3) is 6.24. The van der Waals surface area contributed by atoms with Gasteiger partial charge in [-0.1, -0.05) is 19.3 Å². The third-order valence-electron chi connectivity index (χ3n) is 4.41. The van der Waals surface area contributed by atoms with E-state index in [2.05, 4.69) is 5.32 Å². The van der Waals surface area contributed by atoms with Crippen molar-refractivity contribution >= 4 is 11.9 Å². The lowest BCUT2D eigenvalue weighted by atomic mass is 9.89. The summed E-state index contributed by atoms with van der Waals surface area (Å²) in [5, 5.41) is 2.85. The van der Waals surface area contributed by atoms with Gasteiger partial charge in [-0.15, -0.1) is 0 Å². The van der Waals surface area contributed by atoms with E-state index in [1.54, 1.807) is 18.2 Å². The van der Waals surface area contributed by atoms with Gasteiger partial charge < -0.3 is 19.5 Å². The van der Waals surface area contributed by atoms with Gasteiger partial charge in [0.15, 0.2) is 18.1 Å². The van der Waals surface area contributed by atoms with Crippen molar-refractivity contribution in [2.24, 2.45) is 5.92 Å². The molecule has 1 aliphatic rings. The van der Waals surface area contributed by atoms with Crippen molar-refractivity contribution in [3.8, 4) is 11.5 Å². The molecule has 1 saturated carbocycles. The molecule has 0 spiro atoms. The number of benzene rings is 1. The van der Waals surface area contributed by atoms with Crippen LogP contribution in [-0.2, 0) is 9.53 Å². The van der Waals surface area contributed by atoms with Gasteiger partial charge in [-0.25, -0.2) is 4.79 Å². The summed E-state index contributed by atoms with van der Waals surface area (Å²) in [4.78, 5) is 24.0. The fourth-order valence-corrected chi connectivity index (χ4v) is 3.06. The number of carbonyl (C=O) groups excluding carboxylic acids is 2. The summed E-state index contributed by atoms with van der Waals surface area (Å²) in [5.74, 6) is 0.725. The minimum atomic E-state index is -0.563. The molecule has 26 heavy (non-hydrogen) atoms. The van der Waals surface area contributed by atoms with Crippen LogP contribution >= 0.6 is 0 Å². The largest absolute Gasteiger partial charge is 0.493 e. The molecule has 0 unspecified atom stereocenters. The number of carbonyl (C=O) groups is 2. The lowest BCUT2D eigenvalue weighted by Gasteiger charge is -2.21. The highest BCUT2D eigenvalue weighted by molar-refractivity contribution is 5.92. The van der Waals surface area contributed by atoms with Gasteiger partial charge in [0.25, 0.3) is 5.91 Å². The van der Waals surface area contributed by atoms with Crippen LogP contribution in [0.25, 0.3) is 0 Å². The second kappa shape index (κ2) is 10.0. The molecule has 0 aliphatic heterocycles. The van der Waals surface area contributed by atoms with E-state index in [9.17, 15) is 9.59 Å². The molecular formula is C20H29NO5. The summed E-state index contributed by atoms with van der Waals surface area (Å²) in [6, 6.07) is 4.82. The fourth-order valence-electron chi connectivity index (χ4n) is 3.06. The van der Waals surface area contributed by atoms with Gasteiger partial charge in [0.05, 0.1) is 18.8 Å². The lowest BCUT2D eigenvalue weighted by molar-refractivity contribution is -0.124. The van der Waals surface area contributed by atoms with E-state index in [0.29, 0.717) is 29.5 Å². The Balaban J connectivity index is 1.82. The predicted molar refractivity (Wildman–Crippen MR) is 98.6 cm³/mol. The van der Waals surface area contributed by atoms with Crippen LogP contribution in [0.15, 0.2) is 18.2 Å². The maximum atomic E-state index is 12.2. The minimum absolute atomic E-state index is 0.00504. The van der Waals surface area contributed by atoms with Crippen molar-refractivity contribution in [3.05, 3.63) is 23.8 Å². The highest BCUT2D eigenvalue weighted by Crippen LogP contribution is 2.29. The Morgan fingerprint density at radius 1 is 1.15 bits per heavy atom. The summed E-state index contributed by atoms with van der Waals surface area (Å²) in [7, 11) is 1.51. The Bertz CT molecular complexity index is 608. The number of esters is 1. The van der Waals surface area contributed by atoms with E-state index in [0.717, 1.165) is 12.8 Å². The number of hydrogen-bond donors (Lipinski definition) is 1. The summed E-state index contributed by atoms with van der Waals surface area (Å²) in [5.41, 5.74) is 0.318. The Labute approximate surface area is 155 Å². The van der Waals surface area contributed by atoms with Crippen LogP contribution in [0, 0.1) is 5.92 Å². The number of hydrogen-bond acceptors (Lipinski definition) is 5. The molecule has 1 amide bonds. The first-order valence-electron chi connectivity index (χ1n) is 9.28. The SMILES string of the molecule is COc1cc(C(=O)OCC(=O)NCC2CCCCC2)ccc1OC(C)C. The van der Waals surface area contributed by atoms with Gasteiger partial charge >= 0.3 is 5.97 Å². The molecule has 0 aromatic heterocycles. The first kappa shape index (κ1) is 20.1. The first-order valence-corrected chi connectivity index (χ1v) is 9.28. The summed E-state index contributed by atoms with van der Waals surface area (Å²) < 4.78 is 16.0. The normalized spacial score (nSPS) is 14.8. The van der Waals surface area contributed by atoms with Gasteiger partial charge in [0, 0.05) is 6.54 Å². The quantitative estimate of drug-likeness (QED) is 0.717. The average molecular weight is 363 g/mol. The van der Waals surface area contributed by atoms with E-state index in [4.69, 9.17) is 14.2 Å². The molecule has 144 valence electrons. The molecule has 1 aromatic rings. The molecule has 6 heteroatoms. The van der Waals surface area contributed by atoms with Gasteiger partial charge in [0.1, 0.15) is 0 Å². The number of ether oxygens (including phenoxy) is 3. The van der Waals surface area contributed by atoms with Crippen molar-refractivity contribution < 1.29 is 23.8 Å². The zero-order valence-corrected chi connectivity index (χ0v) is 15.9. The Hall–Kier alpha value is -2.24. The number of methoxy groups -OCH3 is 1. The number of nitrogens with one attached hydrogen (secondary N) is 1. The topological polar surface area (TPSA) is 73.9 Å². The third-order valence-corrected chi connectivity index (χ3v) is 4.41. The Kier molecular flexibility index (Phi) is 7.75. The van der Waals surface area contributed by atoms with Crippen molar-refractivity contribution in [2.45, 2.75) is 52.1 Å². The van der Waals surface area contributed by atoms with Crippen LogP contribution in [0.3, 0.4) is 0 Å². The average Bonchev–Trinajstić information content (AvgIpc) is 2.65. The highest BCUT2D eigenvalue weighted by atomic mass is 16.5. The van der Waals surface area contributed by atoms with Crippen molar-refractivity contribution in [2.75, 3.05) is 20.3 Å². The molecule has 0 atom stereocenters. The summed E-state index contributed by atoms with van der Waals surface area (Å²) in [6.45, 7) is 4.20. The first-order chi connectivity index (χ1) is 12.5. The fraction of sp³-hybridized carbons (Fsp3) is 0.600. The van der Waals surface area contributed by atoms with Gasteiger partial charge in [-0.05, 0) is 50.8 Å². The molecule has 2 rings (SSSR count). The van der Waals surface area contributed by atoms with E-state index >= 15 is 0 Å². The highest BCUT2D eigenvalue weighted by Gasteiger charge is 2.17. The maximum absolute atomic E-state index is 12.2. The van der Waals surface area contributed by atoms with Crippen LogP contribution in [0.2, 0.25) is 0 Å². The zero-order chi connectivity index (χ0) is 18.9. The van der Waals surface area contributed by atoms with Crippen molar-refractivity contribution in [3.63, 3.8) is 0 Å². The molecule has 1 fully saturated rings. The molecule has 0 saturated heterocycles. The van der Waals surface area contributed by atoms with Crippen molar-refractivity contribution in [1.82, 2.24) is 5.32 Å². The molecule has 6 nitrogen and oxygen atoms in total. The summed E-state index contributed by atoms with van der Waals surface area (Å²) >= 11 is 0. The number of rotatable bonds is 8. The molecule has 1 aliphatic carbocycles. The lowest BCUT2D eigenvalue weighted by Crippen LogP contribution is -2.33. The van der Waals surface area contributed by atoms with Crippen LogP contribution in [-0.4, -0.2) is 38.2 Å². The van der Waals surface area contributed by atoms with E-state index in [1.165, 1.54) is 26.4 Å². The van der Waals surface area contributed by atoms with Gasteiger partial charge in [0.2, 0.25) is 0 Å². The van der Waals surface area contributed by atoms with E-state index < -0.39 is 5.97 Å². The molecule has 1 N–H and O–H groups in total. The van der Waals surface area contributed by atoms with Crippen molar-refractivity contribution in [1.29, 1.82) is 0 Å². The monoisotopic (exact) mass is 363 g/mol. The van der Waals surface area contributed by atoms with Crippen LogP contribution in [0.1, 0.15) is 56.3 Å². The number of amides is 1. The Morgan fingerprint density at radius 3 is 2.54 bits per heavy atom. The van der Waals surface area contributed by atoms with E-state index in [-0.39, 0.29) is 18.6 Å². The smallest absolute Gasteiger partial charge is 0.338 e. The minimum Gasteiger partial charge on any atom is -0.493 e. The maximum Gasteiger partial charge on any atom is 0.338 e. The Morgan fingerprint density at radius 2 is 1.88 bits per heavy atom. The predicted octanol–water partition coefficient (Wildman–Crippen LogP) is 3.34. The zero-order valence-electron chi connectivity index (χ0n) is 15.9. The molecule has 1 aromatic carbocycles. The van der Waals surface area contributed by atoms with Gasteiger partial charge in [-0.2, -0.15) is 0 Å². The van der Waals surface area contributed by atoms with Gasteiger partial charge in [-0.3, -0.25) is 4.79 Å². The van der Waals surface area contributed by atoms with Crippen LogP contribution in [0.4, 0.5) is 0 Å². The second-order valence-electron chi connectivity index (χ2n) is 6.92. The standard InChI is InChI=1S/C20H29NO5/c1-14(2)26-17-10-9-16(11-18(17)24-3)20(23)25-13-19(22)21-12-15-7-5-4-6-8-15/h9-11,14-15H,4-8,12-13H2,1-3H3,(H,21,22). The summed E-state index contributed by atoms with van der Waals surface area (Å²) in [6.07, 6.45) is 6.05. The van der Waals surface area contributed by atoms with Crippen LogP contribution in [0.5, 0.6) is 11.5 Å². The molecule has 0 radical (unpaired) electrons. The van der Waals surface area contributed by atoms with E-state index in [1.807, 2.05) is 13.8 Å². The van der Waals surface area contributed by atoms with Crippen LogP contribution < -0.4 is 14.8 Å². The molecular weight excluding hydrogens is 334 g/mol.